The van der Waals surface area contributed by atoms with Crippen LogP contribution in [0.1, 0.15) is 16.1 Å². The van der Waals surface area contributed by atoms with E-state index in [2.05, 4.69) is 10.3 Å². The second-order valence-electron chi connectivity index (χ2n) is 4.69. The van der Waals surface area contributed by atoms with Gasteiger partial charge in [0.1, 0.15) is 11.5 Å². The van der Waals surface area contributed by atoms with Gasteiger partial charge in [0.2, 0.25) is 0 Å². The van der Waals surface area contributed by atoms with Gasteiger partial charge in [-0.2, -0.15) is 0 Å². The van der Waals surface area contributed by atoms with Crippen molar-refractivity contribution in [3.63, 3.8) is 0 Å². The third-order valence-corrected chi connectivity index (χ3v) is 3.26. The number of benzene rings is 2. The minimum absolute atomic E-state index is 0.240. The zero-order valence-electron chi connectivity index (χ0n) is 11.2. The molecule has 0 saturated heterocycles. The molecule has 21 heavy (non-hydrogen) atoms. The summed E-state index contributed by atoms with van der Waals surface area (Å²) in [7, 11) is 0. The third-order valence-electron chi connectivity index (χ3n) is 3.26. The lowest BCUT2D eigenvalue weighted by molar-refractivity contribution is 0.0948. The van der Waals surface area contributed by atoms with Gasteiger partial charge in [0.05, 0.1) is 0 Å². The summed E-state index contributed by atoms with van der Waals surface area (Å²) in [6.07, 6.45) is 1.62. The van der Waals surface area contributed by atoms with Crippen molar-refractivity contribution < 1.29 is 9.18 Å². The van der Waals surface area contributed by atoms with Crippen molar-refractivity contribution in [3.05, 3.63) is 77.9 Å². The summed E-state index contributed by atoms with van der Waals surface area (Å²) in [5, 5.41) is 4.59. The van der Waals surface area contributed by atoms with E-state index in [0.717, 1.165) is 16.3 Å². The standard InChI is InChI=1S/C17H13FN2O/c18-14-7-5-12(6-8-14)11-20-17(21)16-15-4-2-1-3-13(15)9-10-19-16/h1-10H,11H2,(H,20,21). The fourth-order valence-electron chi connectivity index (χ4n) is 2.17. The Balaban J connectivity index is 1.79. The van der Waals surface area contributed by atoms with Gasteiger partial charge >= 0.3 is 0 Å². The first-order valence-corrected chi connectivity index (χ1v) is 6.60. The molecule has 1 heterocycles. The molecule has 0 spiro atoms. The van der Waals surface area contributed by atoms with Crippen molar-refractivity contribution in [1.82, 2.24) is 10.3 Å². The average molecular weight is 280 g/mol. The Bertz CT molecular complexity index is 779. The molecule has 3 nitrogen and oxygen atoms in total. The fourth-order valence-corrected chi connectivity index (χ4v) is 2.17. The highest BCUT2D eigenvalue weighted by atomic mass is 19.1. The number of fused-ring (bicyclic) bond motifs is 1. The lowest BCUT2D eigenvalue weighted by Crippen LogP contribution is -2.24. The number of nitrogens with one attached hydrogen (secondary N) is 1. The van der Waals surface area contributed by atoms with Gasteiger partial charge in [-0.1, -0.05) is 36.4 Å². The zero-order chi connectivity index (χ0) is 14.7. The van der Waals surface area contributed by atoms with Gasteiger partial charge in [-0.05, 0) is 29.1 Å². The molecular formula is C17H13FN2O. The predicted octanol–water partition coefficient (Wildman–Crippen LogP) is 3.30. The fraction of sp³-hybridized carbons (Fsp3) is 0.0588. The van der Waals surface area contributed by atoms with E-state index in [1.807, 2.05) is 30.3 Å². The number of carbonyl (C=O) groups excluding carboxylic acids is 1. The van der Waals surface area contributed by atoms with Gasteiger partial charge in [0.25, 0.3) is 5.91 Å². The molecule has 1 amide bonds. The van der Waals surface area contributed by atoms with Crippen LogP contribution in [0.4, 0.5) is 4.39 Å². The first kappa shape index (κ1) is 13.2. The normalized spacial score (nSPS) is 10.5. The second kappa shape index (κ2) is 5.71. The molecule has 0 aliphatic heterocycles. The number of amides is 1. The van der Waals surface area contributed by atoms with Crippen molar-refractivity contribution in [2.24, 2.45) is 0 Å². The van der Waals surface area contributed by atoms with Crippen molar-refractivity contribution >= 4 is 16.7 Å². The minimum Gasteiger partial charge on any atom is -0.347 e. The molecule has 104 valence electrons. The van der Waals surface area contributed by atoms with Crippen molar-refractivity contribution in [2.75, 3.05) is 0 Å². The van der Waals surface area contributed by atoms with E-state index in [4.69, 9.17) is 0 Å². The van der Waals surface area contributed by atoms with E-state index < -0.39 is 0 Å². The van der Waals surface area contributed by atoms with Crippen LogP contribution in [-0.4, -0.2) is 10.9 Å². The number of aromatic nitrogens is 1. The van der Waals surface area contributed by atoms with Gasteiger partial charge < -0.3 is 5.32 Å². The van der Waals surface area contributed by atoms with Crippen LogP contribution in [0.15, 0.2) is 60.8 Å². The number of carbonyl (C=O) groups is 1. The van der Waals surface area contributed by atoms with Gasteiger partial charge in [0.15, 0.2) is 0 Å². The Morgan fingerprint density at radius 3 is 2.62 bits per heavy atom. The molecule has 0 aliphatic rings. The summed E-state index contributed by atoms with van der Waals surface area (Å²) in [6.45, 7) is 0.337. The molecule has 0 saturated carbocycles. The molecular weight excluding hydrogens is 267 g/mol. The summed E-state index contributed by atoms with van der Waals surface area (Å²) in [4.78, 5) is 16.4. The molecule has 0 unspecified atom stereocenters. The molecule has 0 bridgehead atoms. The highest BCUT2D eigenvalue weighted by Gasteiger charge is 2.10. The Morgan fingerprint density at radius 1 is 1.05 bits per heavy atom. The molecule has 0 radical (unpaired) electrons. The van der Waals surface area contributed by atoms with Crippen LogP contribution >= 0.6 is 0 Å². The molecule has 0 atom stereocenters. The van der Waals surface area contributed by atoms with Crippen LogP contribution in [0.25, 0.3) is 10.8 Å². The Kier molecular flexibility index (Phi) is 3.60. The molecule has 0 aliphatic carbocycles. The number of hydrogen-bond donors (Lipinski definition) is 1. The van der Waals surface area contributed by atoms with E-state index in [1.165, 1.54) is 12.1 Å². The van der Waals surface area contributed by atoms with Crippen molar-refractivity contribution in [3.8, 4) is 0 Å². The van der Waals surface area contributed by atoms with Crippen LogP contribution in [0, 0.1) is 5.82 Å². The van der Waals surface area contributed by atoms with E-state index in [-0.39, 0.29) is 11.7 Å². The predicted molar refractivity (Wildman–Crippen MR) is 79.3 cm³/mol. The third kappa shape index (κ3) is 2.89. The van der Waals surface area contributed by atoms with Crippen LogP contribution in [-0.2, 0) is 6.54 Å². The maximum Gasteiger partial charge on any atom is 0.270 e. The van der Waals surface area contributed by atoms with Gasteiger partial charge in [-0.3, -0.25) is 9.78 Å². The van der Waals surface area contributed by atoms with E-state index >= 15 is 0 Å². The summed E-state index contributed by atoms with van der Waals surface area (Å²) in [5.41, 5.74) is 1.24. The number of pyridine rings is 1. The highest BCUT2D eigenvalue weighted by Crippen LogP contribution is 2.16. The number of rotatable bonds is 3. The van der Waals surface area contributed by atoms with E-state index in [1.54, 1.807) is 18.3 Å². The quantitative estimate of drug-likeness (QED) is 0.799. The number of halogens is 1. The zero-order valence-corrected chi connectivity index (χ0v) is 11.2. The molecule has 4 heteroatoms. The lowest BCUT2D eigenvalue weighted by atomic mass is 10.1. The Morgan fingerprint density at radius 2 is 1.81 bits per heavy atom. The Hall–Kier alpha value is -2.75. The maximum absolute atomic E-state index is 12.8. The van der Waals surface area contributed by atoms with Crippen molar-refractivity contribution in [1.29, 1.82) is 0 Å². The molecule has 3 rings (SSSR count). The minimum atomic E-state index is -0.291. The van der Waals surface area contributed by atoms with Gasteiger partial charge in [-0.15, -0.1) is 0 Å². The highest BCUT2D eigenvalue weighted by molar-refractivity contribution is 6.05. The number of hydrogen-bond acceptors (Lipinski definition) is 2. The van der Waals surface area contributed by atoms with E-state index in [0.29, 0.717) is 12.2 Å². The average Bonchev–Trinajstić information content (AvgIpc) is 2.53. The topological polar surface area (TPSA) is 42.0 Å². The van der Waals surface area contributed by atoms with Crippen LogP contribution < -0.4 is 5.32 Å². The summed E-state index contributed by atoms with van der Waals surface area (Å²) in [6, 6.07) is 15.5. The molecule has 1 aromatic heterocycles. The summed E-state index contributed by atoms with van der Waals surface area (Å²) < 4.78 is 12.8. The SMILES string of the molecule is O=C(NCc1ccc(F)cc1)c1nccc2ccccc12. The van der Waals surface area contributed by atoms with Gasteiger partial charge in [-0.25, -0.2) is 4.39 Å². The second-order valence-corrected chi connectivity index (χ2v) is 4.69. The first-order valence-electron chi connectivity index (χ1n) is 6.60. The lowest BCUT2D eigenvalue weighted by Gasteiger charge is -2.07. The van der Waals surface area contributed by atoms with Crippen LogP contribution in [0.5, 0.6) is 0 Å². The summed E-state index contributed by atoms with van der Waals surface area (Å²) >= 11 is 0. The Labute approximate surface area is 121 Å². The summed E-state index contributed by atoms with van der Waals surface area (Å²) in [5.74, 6) is -0.531. The van der Waals surface area contributed by atoms with Crippen molar-refractivity contribution in [2.45, 2.75) is 6.54 Å². The van der Waals surface area contributed by atoms with E-state index in [9.17, 15) is 9.18 Å². The number of nitrogens with zero attached hydrogens (tertiary/aromatic N) is 1. The van der Waals surface area contributed by atoms with Crippen LogP contribution in [0.2, 0.25) is 0 Å². The molecule has 1 N–H and O–H groups in total. The van der Waals surface area contributed by atoms with Crippen LogP contribution in [0.3, 0.4) is 0 Å². The largest absolute Gasteiger partial charge is 0.347 e. The maximum atomic E-state index is 12.8. The molecule has 3 aromatic rings. The smallest absolute Gasteiger partial charge is 0.270 e. The monoisotopic (exact) mass is 280 g/mol. The van der Waals surface area contributed by atoms with Gasteiger partial charge in [0, 0.05) is 18.1 Å². The first-order chi connectivity index (χ1) is 10.2. The molecule has 2 aromatic carbocycles. The molecule has 0 fully saturated rings.